The van der Waals surface area contributed by atoms with Crippen molar-refractivity contribution in [2.45, 2.75) is 44.8 Å². The summed E-state index contributed by atoms with van der Waals surface area (Å²) in [6.45, 7) is 2.57. The second kappa shape index (κ2) is 7.97. The van der Waals surface area contributed by atoms with Crippen LogP contribution in [0.5, 0.6) is 11.5 Å². The van der Waals surface area contributed by atoms with Crippen LogP contribution in [0.1, 0.15) is 48.5 Å². The Balaban J connectivity index is 1.33. The molecule has 0 radical (unpaired) electrons. The molecule has 3 saturated carbocycles. The van der Waals surface area contributed by atoms with Crippen molar-refractivity contribution in [3.05, 3.63) is 53.6 Å². The summed E-state index contributed by atoms with van der Waals surface area (Å²) >= 11 is 0. The smallest absolute Gasteiger partial charge is 0.255 e. The number of amides is 2. The van der Waals surface area contributed by atoms with E-state index in [4.69, 9.17) is 9.47 Å². The number of rotatable bonds is 5. The average molecular weight is 450 g/mol. The van der Waals surface area contributed by atoms with Gasteiger partial charge in [-0.2, -0.15) is 0 Å². The molecule has 1 spiro atoms. The first-order valence-corrected chi connectivity index (χ1v) is 11.6. The molecule has 33 heavy (non-hydrogen) atoms. The first kappa shape index (κ1) is 21.6. The fourth-order valence-corrected chi connectivity index (χ4v) is 6.18. The van der Waals surface area contributed by atoms with Gasteiger partial charge >= 0.3 is 0 Å². The molecule has 1 heterocycles. The molecule has 6 rings (SSSR count). The maximum absolute atomic E-state index is 13.4. The van der Waals surface area contributed by atoms with E-state index in [-0.39, 0.29) is 29.1 Å². The summed E-state index contributed by atoms with van der Waals surface area (Å²) in [5.41, 5.74) is 1.74. The number of para-hydroxylation sites is 1. The molecule has 4 atom stereocenters. The third kappa shape index (κ3) is 3.59. The van der Waals surface area contributed by atoms with Gasteiger partial charge in [0.05, 0.1) is 19.8 Å². The van der Waals surface area contributed by atoms with Crippen LogP contribution in [0.3, 0.4) is 0 Å². The van der Waals surface area contributed by atoms with Gasteiger partial charge in [-0.3, -0.25) is 9.59 Å². The van der Waals surface area contributed by atoms with E-state index in [1.165, 1.54) is 0 Å². The van der Waals surface area contributed by atoms with Gasteiger partial charge in [0, 0.05) is 29.6 Å². The van der Waals surface area contributed by atoms with E-state index in [1.54, 1.807) is 14.2 Å². The van der Waals surface area contributed by atoms with Gasteiger partial charge in [-0.05, 0) is 61.4 Å². The SMILES string of the molecule is COc1ccc(OC)c(CNC(=O)[C@H]2C[C@@H]3CC[C@@]2(C)C[C@]32NC(=O)c3ccccc3N2)c1. The molecule has 0 aromatic heterocycles. The summed E-state index contributed by atoms with van der Waals surface area (Å²) in [6, 6.07) is 13.2. The summed E-state index contributed by atoms with van der Waals surface area (Å²) < 4.78 is 10.8. The molecule has 2 amide bonds. The molecule has 7 heteroatoms. The van der Waals surface area contributed by atoms with Crippen molar-refractivity contribution in [2.24, 2.45) is 17.3 Å². The molecule has 1 aliphatic heterocycles. The Morgan fingerprint density at radius 2 is 1.97 bits per heavy atom. The van der Waals surface area contributed by atoms with Gasteiger partial charge in [0.15, 0.2) is 0 Å². The molecular formula is C26H31N3O4. The Hall–Kier alpha value is -3.22. The fraction of sp³-hybridized carbons (Fsp3) is 0.462. The van der Waals surface area contributed by atoms with Gasteiger partial charge in [-0.1, -0.05) is 19.1 Å². The van der Waals surface area contributed by atoms with Crippen molar-refractivity contribution in [2.75, 3.05) is 19.5 Å². The monoisotopic (exact) mass is 449 g/mol. The predicted octanol–water partition coefficient (Wildman–Crippen LogP) is 3.70. The van der Waals surface area contributed by atoms with E-state index in [2.05, 4.69) is 22.9 Å². The number of methoxy groups -OCH3 is 2. The Labute approximate surface area is 194 Å². The van der Waals surface area contributed by atoms with Crippen LogP contribution < -0.4 is 25.4 Å². The van der Waals surface area contributed by atoms with Crippen LogP contribution in [0.4, 0.5) is 5.69 Å². The maximum Gasteiger partial charge on any atom is 0.255 e. The Morgan fingerprint density at radius 3 is 2.73 bits per heavy atom. The van der Waals surface area contributed by atoms with Crippen LogP contribution in [0.15, 0.2) is 42.5 Å². The molecule has 0 saturated heterocycles. The van der Waals surface area contributed by atoms with Crippen LogP contribution in [0.2, 0.25) is 0 Å². The maximum atomic E-state index is 13.4. The summed E-state index contributed by atoms with van der Waals surface area (Å²) in [7, 11) is 3.24. The minimum absolute atomic E-state index is 0.0355. The molecule has 2 bridgehead atoms. The zero-order chi connectivity index (χ0) is 23.2. The van der Waals surface area contributed by atoms with Crippen LogP contribution >= 0.6 is 0 Å². The highest BCUT2D eigenvalue weighted by molar-refractivity contribution is 6.02. The minimum Gasteiger partial charge on any atom is -0.497 e. The zero-order valence-corrected chi connectivity index (χ0v) is 19.4. The van der Waals surface area contributed by atoms with Gasteiger partial charge in [0.1, 0.15) is 17.2 Å². The van der Waals surface area contributed by atoms with Gasteiger partial charge in [0.25, 0.3) is 5.91 Å². The minimum atomic E-state index is -0.495. The van der Waals surface area contributed by atoms with E-state index < -0.39 is 5.66 Å². The first-order valence-electron chi connectivity index (χ1n) is 11.6. The highest BCUT2D eigenvalue weighted by Crippen LogP contribution is 2.58. The van der Waals surface area contributed by atoms with Crippen LogP contribution in [-0.4, -0.2) is 31.7 Å². The number of anilines is 1. The highest BCUT2D eigenvalue weighted by Gasteiger charge is 2.60. The molecule has 2 aromatic carbocycles. The number of fused-ring (bicyclic) bond motifs is 3. The van der Waals surface area contributed by atoms with E-state index in [0.29, 0.717) is 12.1 Å². The molecule has 3 fully saturated rings. The molecule has 4 aliphatic rings. The third-order valence-electron chi connectivity index (χ3n) is 7.93. The molecule has 0 unspecified atom stereocenters. The second-order valence-corrected chi connectivity index (χ2v) is 9.85. The van der Waals surface area contributed by atoms with Crippen molar-refractivity contribution in [3.63, 3.8) is 0 Å². The average Bonchev–Trinajstić information content (AvgIpc) is 2.82. The lowest BCUT2D eigenvalue weighted by Gasteiger charge is -2.60. The van der Waals surface area contributed by atoms with Gasteiger partial charge in [-0.15, -0.1) is 0 Å². The van der Waals surface area contributed by atoms with Crippen molar-refractivity contribution < 1.29 is 19.1 Å². The Bertz CT molecular complexity index is 1100. The highest BCUT2D eigenvalue weighted by atomic mass is 16.5. The lowest BCUT2D eigenvalue weighted by atomic mass is 9.51. The quantitative estimate of drug-likeness (QED) is 0.648. The zero-order valence-electron chi connectivity index (χ0n) is 19.4. The Kier molecular flexibility index (Phi) is 5.22. The molecule has 3 aliphatic carbocycles. The number of ether oxygens (including phenoxy) is 2. The number of carbonyl (C=O) groups excluding carboxylic acids is 2. The van der Waals surface area contributed by atoms with E-state index in [1.807, 2.05) is 42.5 Å². The van der Waals surface area contributed by atoms with E-state index >= 15 is 0 Å². The van der Waals surface area contributed by atoms with Crippen LogP contribution in [0, 0.1) is 17.3 Å². The molecule has 3 N–H and O–H groups in total. The van der Waals surface area contributed by atoms with E-state index in [9.17, 15) is 9.59 Å². The number of hydrogen-bond donors (Lipinski definition) is 3. The first-order chi connectivity index (χ1) is 15.9. The number of carbonyl (C=O) groups is 2. The van der Waals surface area contributed by atoms with E-state index in [0.717, 1.165) is 48.4 Å². The molecule has 7 nitrogen and oxygen atoms in total. The number of nitrogens with one attached hydrogen (secondary N) is 3. The van der Waals surface area contributed by atoms with Crippen molar-refractivity contribution in [1.82, 2.24) is 10.6 Å². The van der Waals surface area contributed by atoms with Crippen molar-refractivity contribution in [3.8, 4) is 11.5 Å². The van der Waals surface area contributed by atoms with Crippen molar-refractivity contribution >= 4 is 17.5 Å². The van der Waals surface area contributed by atoms with Crippen LogP contribution in [0.25, 0.3) is 0 Å². The summed E-state index contributed by atoms with van der Waals surface area (Å²) in [6.07, 6.45) is 3.43. The second-order valence-electron chi connectivity index (χ2n) is 9.85. The van der Waals surface area contributed by atoms with Crippen LogP contribution in [-0.2, 0) is 11.3 Å². The summed E-state index contributed by atoms with van der Waals surface area (Å²) in [5, 5.41) is 10.1. The van der Waals surface area contributed by atoms with Crippen molar-refractivity contribution in [1.29, 1.82) is 0 Å². The third-order valence-corrected chi connectivity index (χ3v) is 7.93. The largest absolute Gasteiger partial charge is 0.497 e. The predicted molar refractivity (Wildman–Crippen MR) is 125 cm³/mol. The number of hydrogen-bond acceptors (Lipinski definition) is 5. The molecule has 2 aromatic rings. The lowest BCUT2D eigenvalue weighted by Crippen LogP contribution is -2.70. The normalized spacial score (nSPS) is 29.6. The topological polar surface area (TPSA) is 88.7 Å². The van der Waals surface area contributed by atoms with Gasteiger partial charge in [-0.25, -0.2) is 0 Å². The molecular weight excluding hydrogens is 418 g/mol. The Morgan fingerprint density at radius 1 is 1.15 bits per heavy atom. The summed E-state index contributed by atoms with van der Waals surface area (Å²) in [5.74, 6) is 1.56. The van der Waals surface area contributed by atoms with Gasteiger partial charge in [0.2, 0.25) is 5.91 Å². The number of benzene rings is 2. The lowest BCUT2D eigenvalue weighted by molar-refractivity contribution is -0.139. The standard InChI is InChI=1S/C26H31N3O4/c1-25-11-10-17(26(15-25)28-21-7-5-4-6-19(21)23(30)29-26)13-20(25)24(31)27-14-16-12-18(32-2)8-9-22(16)33-3/h4-9,12,17,20,28H,10-11,13-15H2,1-3H3,(H,27,31)(H,29,30)/t17-,20+,25-,26-/m0/s1. The van der Waals surface area contributed by atoms with Gasteiger partial charge < -0.3 is 25.4 Å². The summed E-state index contributed by atoms with van der Waals surface area (Å²) in [4.78, 5) is 26.2. The molecule has 174 valence electrons. The fourth-order valence-electron chi connectivity index (χ4n) is 6.18.